The minimum atomic E-state index is -1.12. The van der Waals surface area contributed by atoms with E-state index in [1.165, 1.54) is 21.0 Å². The normalized spacial score (nSPS) is 12.4. The second-order valence-electron chi connectivity index (χ2n) is 4.06. The Kier molecular flexibility index (Phi) is 5.51. The highest BCUT2D eigenvalue weighted by molar-refractivity contribution is 5.74. The number of methoxy groups -OCH3 is 1. The third-order valence-electron chi connectivity index (χ3n) is 2.02. The Bertz CT molecular complexity index is 304. The van der Waals surface area contributed by atoms with Gasteiger partial charge in [0.2, 0.25) is 0 Å². The summed E-state index contributed by atoms with van der Waals surface area (Å²) in [5.74, 6) is -1.18. The first kappa shape index (κ1) is 14.4. The molecule has 0 fully saturated rings. The Labute approximate surface area is 95.3 Å². The lowest BCUT2D eigenvalue weighted by Gasteiger charge is -2.17. The van der Waals surface area contributed by atoms with Crippen molar-refractivity contribution in [1.82, 2.24) is 0 Å². The van der Waals surface area contributed by atoms with Gasteiger partial charge in [-0.2, -0.15) is 5.26 Å². The minimum Gasteiger partial charge on any atom is -0.469 e. The molecule has 0 rings (SSSR count). The zero-order valence-corrected chi connectivity index (χ0v) is 10.1. The van der Waals surface area contributed by atoms with E-state index in [0.717, 1.165) is 0 Å². The maximum absolute atomic E-state index is 11.3. The molecule has 16 heavy (non-hydrogen) atoms. The molecule has 1 unspecified atom stereocenters. The molecular weight excluding hydrogens is 210 g/mol. The van der Waals surface area contributed by atoms with Crippen molar-refractivity contribution in [2.24, 2.45) is 5.92 Å². The summed E-state index contributed by atoms with van der Waals surface area (Å²) in [5.41, 5.74) is -1.12. The van der Waals surface area contributed by atoms with Crippen LogP contribution in [0.25, 0.3) is 0 Å². The van der Waals surface area contributed by atoms with Crippen LogP contribution in [0.5, 0.6) is 0 Å². The molecule has 5 nitrogen and oxygen atoms in total. The first-order valence-corrected chi connectivity index (χ1v) is 5.03. The lowest BCUT2D eigenvalue weighted by molar-refractivity contribution is -0.152. The van der Waals surface area contributed by atoms with Gasteiger partial charge in [0.05, 0.1) is 13.0 Å². The molecule has 0 N–H and O–H groups in total. The zero-order chi connectivity index (χ0) is 12.8. The van der Waals surface area contributed by atoms with Crippen molar-refractivity contribution in [3.63, 3.8) is 0 Å². The molecule has 0 aromatic rings. The number of carbonyl (C=O) groups is 2. The number of esters is 2. The van der Waals surface area contributed by atoms with E-state index in [-0.39, 0.29) is 18.3 Å². The molecule has 1 atom stereocenters. The summed E-state index contributed by atoms with van der Waals surface area (Å²) in [6.07, 6.45) is 0.453. The number of rotatable bonds is 5. The van der Waals surface area contributed by atoms with Gasteiger partial charge in [0.25, 0.3) is 0 Å². The smallest absolute Gasteiger partial charge is 0.308 e. The molecular formula is C11H17NO4. The van der Waals surface area contributed by atoms with Gasteiger partial charge < -0.3 is 9.47 Å². The number of hydrogen-bond acceptors (Lipinski definition) is 5. The van der Waals surface area contributed by atoms with Gasteiger partial charge in [-0.25, -0.2) is 0 Å². The van der Waals surface area contributed by atoms with E-state index < -0.39 is 11.6 Å². The number of ether oxygens (including phenoxy) is 2. The predicted molar refractivity (Wildman–Crippen MR) is 56.2 cm³/mol. The number of nitrogens with zero attached hydrogens (tertiary/aromatic N) is 1. The van der Waals surface area contributed by atoms with E-state index in [2.05, 4.69) is 4.74 Å². The van der Waals surface area contributed by atoms with Crippen LogP contribution >= 0.6 is 0 Å². The predicted octanol–water partition coefficient (Wildman–Crippen LogP) is 1.42. The molecule has 0 spiro atoms. The van der Waals surface area contributed by atoms with Crippen LogP contribution in [0.2, 0.25) is 0 Å². The highest BCUT2D eigenvalue weighted by atomic mass is 16.6. The highest BCUT2D eigenvalue weighted by Gasteiger charge is 2.23. The van der Waals surface area contributed by atoms with Crippen LogP contribution in [0.3, 0.4) is 0 Å². The standard InChI is InChI=1S/C11H17NO4/c1-8(10(14)15-4)5-6-9(13)16-11(2,3)7-12/h8H,5-6H2,1-4H3. The fraction of sp³-hybridized carbons (Fsp3) is 0.727. The zero-order valence-electron chi connectivity index (χ0n) is 10.1. The van der Waals surface area contributed by atoms with Crippen LogP contribution in [0.15, 0.2) is 0 Å². The molecule has 0 amide bonds. The Balaban J connectivity index is 4.01. The van der Waals surface area contributed by atoms with E-state index in [9.17, 15) is 9.59 Å². The summed E-state index contributed by atoms with van der Waals surface area (Å²) in [4.78, 5) is 22.3. The summed E-state index contributed by atoms with van der Waals surface area (Å²) in [7, 11) is 1.30. The molecule has 0 heterocycles. The largest absolute Gasteiger partial charge is 0.469 e. The monoisotopic (exact) mass is 227 g/mol. The van der Waals surface area contributed by atoms with Gasteiger partial charge in [0, 0.05) is 6.42 Å². The minimum absolute atomic E-state index is 0.0986. The molecule has 0 aromatic heterocycles. The Morgan fingerprint density at radius 2 is 2.00 bits per heavy atom. The molecule has 90 valence electrons. The molecule has 5 heteroatoms. The van der Waals surface area contributed by atoms with Crippen LogP contribution in [0.1, 0.15) is 33.6 Å². The van der Waals surface area contributed by atoms with Gasteiger partial charge in [-0.1, -0.05) is 6.92 Å². The lowest BCUT2D eigenvalue weighted by Crippen LogP contribution is -2.26. The van der Waals surface area contributed by atoms with Crippen LogP contribution in [0, 0.1) is 17.2 Å². The maximum atomic E-state index is 11.3. The van der Waals surface area contributed by atoms with Crippen molar-refractivity contribution in [2.45, 2.75) is 39.2 Å². The second kappa shape index (κ2) is 6.11. The van der Waals surface area contributed by atoms with E-state index in [1.54, 1.807) is 6.92 Å². The molecule has 0 aliphatic heterocycles. The fourth-order valence-corrected chi connectivity index (χ4v) is 1.01. The van der Waals surface area contributed by atoms with E-state index >= 15 is 0 Å². The first-order valence-electron chi connectivity index (χ1n) is 5.03. The molecule has 0 aliphatic carbocycles. The van der Waals surface area contributed by atoms with E-state index in [4.69, 9.17) is 10.00 Å². The average Bonchev–Trinajstić information content (AvgIpc) is 2.24. The van der Waals surface area contributed by atoms with Gasteiger partial charge in [-0.15, -0.1) is 0 Å². The van der Waals surface area contributed by atoms with Gasteiger partial charge in [0.15, 0.2) is 5.60 Å². The fourth-order valence-electron chi connectivity index (χ4n) is 1.01. The Morgan fingerprint density at radius 3 is 2.44 bits per heavy atom. The van der Waals surface area contributed by atoms with Gasteiger partial charge in [-0.05, 0) is 20.3 Å². The molecule has 0 bridgehead atoms. The first-order chi connectivity index (χ1) is 7.32. The topological polar surface area (TPSA) is 76.4 Å². The Hall–Kier alpha value is -1.57. The Morgan fingerprint density at radius 1 is 1.44 bits per heavy atom. The van der Waals surface area contributed by atoms with Crippen molar-refractivity contribution >= 4 is 11.9 Å². The average molecular weight is 227 g/mol. The summed E-state index contributed by atoms with van der Waals surface area (Å²) in [6.45, 7) is 4.69. The summed E-state index contributed by atoms with van der Waals surface area (Å²) < 4.78 is 9.42. The van der Waals surface area contributed by atoms with E-state index in [0.29, 0.717) is 6.42 Å². The van der Waals surface area contributed by atoms with Gasteiger partial charge in [-0.3, -0.25) is 9.59 Å². The van der Waals surface area contributed by atoms with Crippen LogP contribution < -0.4 is 0 Å². The van der Waals surface area contributed by atoms with Crippen LogP contribution in [-0.4, -0.2) is 24.6 Å². The summed E-state index contributed by atoms with van der Waals surface area (Å²) >= 11 is 0. The summed E-state index contributed by atoms with van der Waals surface area (Å²) in [5, 5.41) is 8.65. The van der Waals surface area contributed by atoms with Crippen LogP contribution in [0.4, 0.5) is 0 Å². The third-order valence-corrected chi connectivity index (χ3v) is 2.02. The molecule has 0 saturated heterocycles. The molecule has 0 saturated carbocycles. The summed E-state index contributed by atoms with van der Waals surface area (Å²) in [6, 6.07) is 1.86. The van der Waals surface area contributed by atoms with Crippen molar-refractivity contribution in [2.75, 3.05) is 7.11 Å². The molecule has 0 radical (unpaired) electrons. The SMILES string of the molecule is COC(=O)C(C)CCC(=O)OC(C)(C)C#N. The van der Waals surface area contributed by atoms with Gasteiger partial charge in [0.1, 0.15) is 6.07 Å². The molecule has 0 aliphatic rings. The maximum Gasteiger partial charge on any atom is 0.308 e. The second-order valence-corrected chi connectivity index (χ2v) is 4.06. The number of nitriles is 1. The van der Waals surface area contributed by atoms with Gasteiger partial charge >= 0.3 is 11.9 Å². The highest BCUT2D eigenvalue weighted by Crippen LogP contribution is 2.12. The van der Waals surface area contributed by atoms with Crippen molar-refractivity contribution in [3.05, 3.63) is 0 Å². The van der Waals surface area contributed by atoms with Crippen LogP contribution in [-0.2, 0) is 19.1 Å². The van der Waals surface area contributed by atoms with E-state index in [1.807, 2.05) is 6.07 Å². The molecule has 0 aromatic carbocycles. The lowest BCUT2D eigenvalue weighted by atomic mass is 10.1. The van der Waals surface area contributed by atoms with Crippen molar-refractivity contribution < 1.29 is 19.1 Å². The number of hydrogen-bond donors (Lipinski definition) is 0. The number of carbonyl (C=O) groups excluding carboxylic acids is 2. The van der Waals surface area contributed by atoms with Crippen molar-refractivity contribution in [3.8, 4) is 6.07 Å². The van der Waals surface area contributed by atoms with Crippen molar-refractivity contribution in [1.29, 1.82) is 5.26 Å². The quantitative estimate of drug-likeness (QED) is 0.664. The third kappa shape index (κ3) is 5.35.